The van der Waals surface area contributed by atoms with E-state index in [0.29, 0.717) is 41.7 Å². The number of anilines is 1. The molecule has 1 N–H and O–H groups in total. The van der Waals surface area contributed by atoms with Gasteiger partial charge in [0, 0.05) is 0 Å². The molecule has 1 aliphatic rings. The molecule has 0 bridgehead atoms. The highest BCUT2D eigenvalue weighted by Gasteiger charge is 2.29. The number of benzene rings is 3. The molecule has 0 atom stereocenters. The number of hydrogen-bond donors (Lipinski definition) is 1. The highest BCUT2D eigenvalue weighted by Crippen LogP contribution is 2.31. The molecule has 0 spiro atoms. The lowest BCUT2D eigenvalue weighted by Crippen LogP contribution is -2.21. The molecule has 3 aromatic rings. The Morgan fingerprint density at radius 1 is 1.00 bits per heavy atom. The molecule has 34 heavy (non-hydrogen) atoms. The summed E-state index contributed by atoms with van der Waals surface area (Å²) < 4.78 is 11.7. The number of rotatable bonds is 8. The van der Waals surface area contributed by atoms with Gasteiger partial charge in [-0.2, -0.15) is 10.1 Å². The quantitative estimate of drug-likeness (QED) is 0.473. The van der Waals surface area contributed by atoms with Crippen molar-refractivity contribution in [3.63, 3.8) is 0 Å². The van der Waals surface area contributed by atoms with Crippen molar-refractivity contribution in [3.05, 3.63) is 95.1 Å². The summed E-state index contributed by atoms with van der Waals surface area (Å²) in [6, 6.07) is 21.5. The van der Waals surface area contributed by atoms with E-state index in [-0.39, 0.29) is 11.5 Å². The Balaban J connectivity index is 1.57. The van der Waals surface area contributed by atoms with Crippen LogP contribution in [0.4, 0.5) is 5.69 Å². The molecule has 1 aliphatic heterocycles. The fourth-order valence-electron chi connectivity index (χ4n) is 3.53. The van der Waals surface area contributed by atoms with Crippen LogP contribution < -0.4 is 14.5 Å². The monoisotopic (exact) mass is 456 g/mol. The van der Waals surface area contributed by atoms with Crippen molar-refractivity contribution in [2.24, 2.45) is 5.10 Å². The van der Waals surface area contributed by atoms with Crippen LogP contribution >= 0.6 is 0 Å². The van der Waals surface area contributed by atoms with Gasteiger partial charge in [0.1, 0.15) is 6.61 Å². The van der Waals surface area contributed by atoms with Crippen LogP contribution in [0, 0.1) is 0 Å². The van der Waals surface area contributed by atoms with E-state index >= 15 is 0 Å². The number of amides is 1. The molecule has 172 valence electrons. The van der Waals surface area contributed by atoms with Crippen molar-refractivity contribution >= 4 is 29.4 Å². The minimum Gasteiger partial charge on any atom is -0.490 e. The van der Waals surface area contributed by atoms with Crippen molar-refractivity contribution in [2.75, 3.05) is 11.6 Å². The van der Waals surface area contributed by atoms with Gasteiger partial charge in [0.2, 0.25) is 0 Å². The summed E-state index contributed by atoms with van der Waals surface area (Å²) >= 11 is 0. The Bertz CT molecular complexity index is 1280. The summed E-state index contributed by atoms with van der Waals surface area (Å²) in [5.74, 6) is -0.202. The maximum atomic E-state index is 13.1. The van der Waals surface area contributed by atoms with Gasteiger partial charge in [-0.1, -0.05) is 42.5 Å². The molecule has 0 fully saturated rings. The van der Waals surface area contributed by atoms with E-state index in [1.165, 1.54) is 17.1 Å². The number of ether oxygens (including phenoxy) is 2. The maximum Gasteiger partial charge on any atom is 0.335 e. The molecule has 0 radical (unpaired) electrons. The molecule has 1 heterocycles. The molecular formula is C27H24N2O5. The van der Waals surface area contributed by atoms with Gasteiger partial charge in [0.05, 0.1) is 29.1 Å². The van der Waals surface area contributed by atoms with Gasteiger partial charge in [-0.05, 0) is 61.4 Å². The lowest BCUT2D eigenvalue weighted by Gasteiger charge is -2.13. The minimum absolute atomic E-state index is 0.0861. The molecule has 1 amide bonds. The number of carboxylic acid groups (broad SMARTS) is 1. The predicted octanol–water partition coefficient (Wildman–Crippen LogP) is 5.17. The Morgan fingerprint density at radius 2 is 1.79 bits per heavy atom. The molecule has 0 aromatic heterocycles. The first-order valence-corrected chi connectivity index (χ1v) is 10.8. The van der Waals surface area contributed by atoms with Crippen LogP contribution in [0.1, 0.15) is 35.3 Å². The average Bonchev–Trinajstić information content (AvgIpc) is 3.13. The fraction of sp³-hybridized carbons (Fsp3) is 0.148. The minimum atomic E-state index is -1.07. The highest BCUT2D eigenvalue weighted by atomic mass is 16.5. The smallest absolute Gasteiger partial charge is 0.335 e. The molecule has 0 saturated heterocycles. The van der Waals surface area contributed by atoms with Gasteiger partial charge in [0.25, 0.3) is 5.91 Å². The van der Waals surface area contributed by atoms with E-state index in [1.807, 2.05) is 55.5 Å². The standard InChI is InChI=1S/C27H24N2O5/c1-3-33-25-15-20(12-13-24(25)34-17-19-8-5-4-6-9-19)14-23-18(2)28-29(26(23)30)22-11-7-10-21(16-22)27(31)32/h4-16H,3,17H2,1-2H3,(H,31,32)/b23-14+. The van der Waals surface area contributed by atoms with Crippen LogP contribution in [0.3, 0.4) is 0 Å². The third kappa shape index (κ3) is 4.99. The molecule has 7 heteroatoms. The zero-order valence-electron chi connectivity index (χ0n) is 18.9. The summed E-state index contributed by atoms with van der Waals surface area (Å²) in [6.07, 6.45) is 1.74. The number of aromatic carboxylic acids is 1. The van der Waals surface area contributed by atoms with Crippen LogP contribution in [0.25, 0.3) is 6.08 Å². The summed E-state index contributed by atoms with van der Waals surface area (Å²) in [6.45, 7) is 4.52. The lowest BCUT2D eigenvalue weighted by molar-refractivity contribution is -0.114. The van der Waals surface area contributed by atoms with Crippen LogP contribution in [0.15, 0.2) is 83.5 Å². The number of carbonyl (C=O) groups excluding carboxylic acids is 1. The van der Waals surface area contributed by atoms with E-state index in [4.69, 9.17) is 9.47 Å². The van der Waals surface area contributed by atoms with E-state index in [0.717, 1.165) is 11.1 Å². The molecule has 0 unspecified atom stereocenters. The summed E-state index contributed by atoms with van der Waals surface area (Å²) in [4.78, 5) is 24.4. The second-order valence-electron chi connectivity index (χ2n) is 7.63. The second-order valence-corrected chi connectivity index (χ2v) is 7.63. The van der Waals surface area contributed by atoms with Crippen molar-refractivity contribution in [3.8, 4) is 11.5 Å². The van der Waals surface area contributed by atoms with E-state index in [1.54, 1.807) is 25.1 Å². The summed E-state index contributed by atoms with van der Waals surface area (Å²) in [5.41, 5.74) is 3.24. The zero-order valence-corrected chi connectivity index (χ0v) is 18.9. The topological polar surface area (TPSA) is 88.4 Å². The molecule has 7 nitrogen and oxygen atoms in total. The first-order chi connectivity index (χ1) is 16.5. The third-order valence-corrected chi connectivity index (χ3v) is 5.22. The van der Waals surface area contributed by atoms with Crippen molar-refractivity contribution in [1.82, 2.24) is 0 Å². The molecule has 0 aliphatic carbocycles. The lowest BCUT2D eigenvalue weighted by atomic mass is 10.1. The first-order valence-electron chi connectivity index (χ1n) is 10.8. The van der Waals surface area contributed by atoms with Gasteiger partial charge in [-0.25, -0.2) is 4.79 Å². The molecular weight excluding hydrogens is 432 g/mol. The van der Waals surface area contributed by atoms with Crippen LogP contribution in [0.2, 0.25) is 0 Å². The van der Waals surface area contributed by atoms with Crippen LogP contribution in [-0.4, -0.2) is 29.3 Å². The number of nitrogens with zero attached hydrogens (tertiary/aromatic N) is 2. The second kappa shape index (κ2) is 10.0. The van der Waals surface area contributed by atoms with E-state index < -0.39 is 5.97 Å². The Morgan fingerprint density at radius 3 is 2.53 bits per heavy atom. The fourth-order valence-corrected chi connectivity index (χ4v) is 3.53. The number of carboxylic acids is 1. The van der Waals surface area contributed by atoms with Crippen molar-refractivity contribution < 1.29 is 24.2 Å². The van der Waals surface area contributed by atoms with Gasteiger partial charge in [-0.15, -0.1) is 0 Å². The zero-order chi connectivity index (χ0) is 24.1. The third-order valence-electron chi connectivity index (χ3n) is 5.22. The van der Waals surface area contributed by atoms with Gasteiger partial charge in [0.15, 0.2) is 11.5 Å². The number of hydrazone groups is 1. The number of carbonyl (C=O) groups is 2. The highest BCUT2D eigenvalue weighted by molar-refractivity contribution is 6.32. The van der Waals surface area contributed by atoms with Crippen LogP contribution in [-0.2, 0) is 11.4 Å². The van der Waals surface area contributed by atoms with Crippen molar-refractivity contribution in [2.45, 2.75) is 20.5 Å². The SMILES string of the molecule is CCOc1cc(/C=C2/C(=O)N(c3cccc(C(=O)O)c3)N=C2C)ccc1OCc1ccccc1. The maximum absolute atomic E-state index is 13.1. The Labute approximate surface area is 197 Å². The molecule has 4 rings (SSSR count). The van der Waals surface area contributed by atoms with E-state index in [2.05, 4.69) is 5.10 Å². The first kappa shape index (κ1) is 22.8. The van der Waals surface area contributed by atoms with E-state index in [9.17, 15) is 14.7 Å². The predicted molar refractivity (Wildman–Crippen MR) is 130 cm³/mol. The average molecular weight is 456 g/mol. The number of hydrogen-bond acceptors (Lipinski definition) is 5. The van der Waals surface area contributed by atoms with Crippen LogP contribution in [0.5, 0.6) is 11.5 Å². The van der Waals surface area contributed by atoms with Gasteiger partial charge >= 0.3 is 5.97 Å². The molecule has 3 aromatic carbocycles. The summed E-state index contributed by atoms with van der Waals surface area (Å²) in [5, 5.41) is 14.8. The molecule has 0 saturated carbocycles. The Kier molecular flexibility index (Phi) is 6.73. The van der Waals surface area contributed by atoms with Gasteiger partial charge < -0.3 is 14.6 Å². The van der Waals surface area contributed by atoms with Crippen molar-refractivity contribution in [1.29, 1.82) is 0 Å². The normalized spacial score (nSPS) is 14.3. The summed E-state index contributed by atoms with van der Waals surface area (Å²) in [7, 11) is 0. The van der Waals surface area contributed by atoms with Gasteiger partial charge in [-0.3, -0.25) is 4.79 Å². The largest absolute Gasteiger partial charge is 0.490 e. The Hall–Kier alpha value is -4.39.